The van der Waals surface area contributed by atoms with Gasteiger partial charge >= 0.3 is 0 Å². The van der Waals surface area contributed by atoms with Gasteiger partial charge in [-0.05, 0) is 40.9 Å². The number of pyridine rings is 1. The Morgan fingerprint density at radius 1 is 1.53 bits per heavy atom. The van der Waals surface area contributed by atoms with Crippen LogP contribution in [0.5, 0.6) is 0 Å². The third-order valence-corrected chi connectivity index (χ3v) is 4.48. The summed E-state index contributed by atoms with van der Waals surface area (Å²) in [6.45, 7) is 1.27. The number of rotatable bonds is 1. The molecular weight excluding hydrogens is 310 g/mol. The van der Waals surface area contributed by atoms with Gasteiger partial charge < -0.3 is 10.2 Å². The van der Waals surface area contributed by atoms with Gasteiger partial charge in [-0.15, -0.1) is 0 Å². The molecule has 2 fully saturated rings. The Labute approximate surface area is 119 Å². The van der Waals surface area contributed by atoms with E-state index in [1.165, 1.54) is 0 Å². The molecule has 0 bridgehead atoms. The molecule has 0 aromatic carbocycles. The number of fused-ring (bicyclic) bond motifs is 1. The van der Waals surface area contributed by atoms with Gasteiger partial charge in [0, 0.05) is 19.3 Å². The van der Waals surface area contributed by atoms with E-state index in [0.717, 1.165) is 12.8 Å². The van der Waals surface area contributed by atoms with Gasteiger partial charge in [0.1, 0.15) is 4.60 Å². The molecule has 1 aromatic heterocycles. The molecule has 3 rings (SSSR count). The first-order chi connectivity index (χ1) is 9.18. The summed E-state index contributed by atoms with van der Waals surface area (Å²) >= 11 is 3.31. The van der Waals surface area contributed by atoms with E-state index in [1.54, 1.807) is 18.3 Å². The number of amides is 2. The zero-order chi connectivity index (χ0) is 13.4. The quantitative estimate of drug-likeness (QED) is 0.790. The van der Waals surface area contributed by atoms with Crippen LogP contribution in [0.4, 0.5) is 0 Å². The zero-order valence-electron chi connectivity index (χ0n) is 10.3. The minimum absolute atomic E-state index is 0.0131. The molecule has 2 unspecified atom stereocenters. The van der Waals surface area contributed by atoms with Crippen LogP contribution in [0, 0.1) is 5.92 Å². The highest BCUT2D eigenvalue weighted by atomic mass is 79.9. The largest absolute Gasteiger partial charge is 0.354 e. The van der Waals surface area contributed by atoms with Crippen LogP contribution in [-0.4, -0.2) is 40.8 Å². The van der Waals surface area contributed by atoms with E-state index in [9.17, 15) is 9.59 Å². The standard InChI is InChI=1S/C13H14BrN3O2/c14-11-9(3-1-5-15-11)13(19)17-6-2-4-8-10(17)7-16-12(8)18/h1,3,5,8,10H,2,4,6-7H2,(H,16,18). The van der Waals surface area contributed by atoms with Gasteiger partial charge in [0.2, 0.25) is 5.91 Å². The lowest BCUT2D eigenvalue weighted by atomic mass is 9.91. The summed E-state index contributed by atoms with van der Waals surface area (Å²) < 4.78 is 0.555. The first-order valence-corrected chi connectivity index (χ1v) is 7.17. The van der Waals surface area contributed by atoms with Crippen LogP contribution in [0.3, 0.4) is 0 Å². The molecule has 1 N–H and O–H groups in total. The molecule has 0 spiro atoms. The second kappa shape index (κ2) is 4.92. The summed E-state index contributed by atoms with van der Waals surface area (Å²) in [5, 5.41) is 2.85. The lowest BCUT2D eigenvalue weighted by Crippen LogP contribution is -2.48. The summed E-state index contributed by atoms with van der Waals surface area (Å²) in [7, 11) is 0. The van der Waals surface area contributed by atoms with Gasteiger partial charge in [-0.3, -0.25) is 9.59 Å². The fourth-order valence-corrected chi connectivity index (χ4v) is 3.32. The maximum Gasteiger partial charge on any atom is 0.256 e. The van der Waals surface area contributed by atoms with Crippen molar-refractivity contribution in [3.63, 3.8) is 0 Å². The van der Waals surface area contributed by atoms with Crippen molar-refractivity contribution in [2.24, 2.45) is 5.92 Å². The molecule has 100 valence electrons. The predicted octanol–water partition coefficient (Wildman–Crippen LogP) is 1.19. The SMILES string of the molecule is O=C1NCC2C1CCCN2C(=O)c1cccnc1Br. The summed E-state index contributed by atoms with van der Waals surface area (Å²) in [5.41, 5.74) is 0.558. The monoisotopic (exact) mass is 323 g/mol. The molecule has 2 aliphatic rings. The fourth-order valence-electron chi connectivity index (χ4n) is 2.90. The van der Waals surface area contributed by atoms with Gasteiger partial charge in [-0.2, -0.15) is 0 Å². The summed E-state index contributed by atoms with van der Waals surface area (Å²) in [5.74, 6) is -0.0212. The Morgan fingerprint density at radius 3 is 3.16 bits per heavy atom. The number of hydrogen-bond acceptors (Lipinski definition) is 3. The van der Waals surface area contributed by atoms with Crippen molar-refractivity contribution < 1.29 is 9.59 Å². The maximum atomic E-state index is 12.6. The van der Waals surface area contributed by atoms with E-state index >= 15 is 0 Å². The van der Waals surface area contributed by atoms with Gasteiger partial charge in [0.05, 0.1) is 17.5 Å². The van der Waals surface area contributed by atoms with Gasteiger partial charge in [0.25, 0.3) is 5.91 Å². The molecule has 5 nitrogen and oxygen atoms in total. The molecule has 0 aliphatic carbocycles. The second-order valence-corrected chi connectivity index (χ2v) is 5.65. The number of carbonyl (C=O) groups excluding carboxylic acids is 2. The third-order valence-electron chi connectivity index (χ3n) is 3.85. The van der Waals surface area contributed by atoms with Crippen molar-refractivity contribution in [3.05, 3.63) is 28.5 Å². The smallest absolute Gasteiger partial charge is 0.256 e. The molecule has 19 heavy (non-hydrogen) atoms. The Hall–Kier alpha value is -1.43. The Balaban J connectivity index is 1.87. The van der Waals surface area contributed by atoms with E-state index < -0.39 is 0 Å². The molecule has 2 amide bonds. The van der Waals surface area contributed by atoms with E-state index in [-0.39, 0.29) is 23.8 Å². The van der Waals surface area contributed by atoms with Crippen molar-refractivity contribution in [2.75, 3.05) is 13.1 Å². The van der Waals surface area contributed by atoms with Crippen molar-refractivity contribution in [1.29, 1.82) is 0 Å². The Kier molecular flexibility index (Phi) is 3.26. The molecule has 2 saturated heterocycles. The summed E-state index contributed by atoms with van der Waals surface area (Å²) in [6, 6.07) is 3.49. The van der Waals surface area contributed by atoms with Gasteiger partial charge in [-0.25, -0.2) is 4.98 Å². The third kappa shape index (κ3) is 2.14. The molecule has 2 atom stereocenters. The van der Waals surface area contributed by atoms with Crippen LogP contribution in [0.15, 0.2) is 22.9 Å². The molecular formula is C13H14BrN3O2. The van der Waals surface area contributed by atoms with Crippen molar-refractivity contribution >= 4 is 27.7 Å². The van der Waals surface area contributed by atoms with Crippen LogP contribution in [0.2, 0.25) is 0 Å². The number of aromatic nitrogens is 1. The number of likely N-dealkylation sites (tertiary alicyclic amines) is 1. The predicted molar refractivity (Wildman–Crippen MR) is 72.5 cm³/mol. The highest BCUT2D eigenvalue weighted by Gasteiger charge is 2.42. The fraction of sp³-hybridized carbons (Fsp3) is 0.462. The van der Waals surface area contributed by atoms with E-state index in [2.05, 4.69) is 26.2 Å². The first-order valence-electron chi connectivity index (χ1n) is 6.37. The Bertz CT molecular complexity index is 534. The molecule has 0 radical (unpaired) electrons. The number of hydrogen-bond donors (Lipinski definition) is 1. The highest BCUT2D eigenvalue weighted by molar-refractivity contribution is 9.10. The topological polar surface area (TPSA) is 62.3 Å². The first kappa shape index (κ1) is 12.6. The molecule has 1 aromatic rings. The maximum absolute atomic E-state index is 12.6. The Morgan fingerprint density at radius 2 is 2.37 bits per heavy atom. The van der Waals surface area contributed by atoms with Gasteiger partial charge in [-0.1, -0.05) is 0 Å². The molecule has 3 heterocycles. The number of piperidine rings is 1. The number of carbonyl (C=O) groups is 2. The van der Waals surface area contributed by atoms with Crippen LogP contribution in [0.1, 0.15) is 23.2 Å². The summed E-state index contributed by atoms with van der Waals surface area (Å²) in [6.07, 6.45) is 3.38. The van der Waals surface area contributed by atoms with E-state index in [1.807, 2.05) is 4.90 Å². The molecule has 0 saturated carbocycles. The van der Waals surface area contributed by atoms with Crippen molar-refractivity contribution in [3.8, 4) is 0 Å². The van der Waals surface area contributed by atoms with Crippen molar-refractivity contribution in [1.82, 2.24) is 15.2 Å². The summed E-state index contributed by atoms with van der Waals surface area (Å²) in [4.78, 5) is 30.2. The van der Waals surface area contributed by atoms with Gasteiger partial charge in [0.15, 0.2) is 0 Å². The van der Waals surface area contributed by atoms with Crippen LogP contribution in [0.25, 0.3) is 0 Å². The minimum Gasteiger partial charge on any atom is -0.354 e. The van der Waals surface area contributed by atoms with Crippen LogP contribution >= 0.6 is 15.9 Å². The van der Waals surface area contributed by atoms with Crippen LogP contribution < -0.4 is 5.32 Å². The van der Waals surface area contributed by atoms with E-state index in [4.69, 9.17) is 0 Å². The van der Waals surface area contributed by atoms with Crippen LogP contribution in [-0.2, 0) is 4.79 Å². The molecule has 6 heteroatoms. The molecule has 2 aliphatic heterocycles. The zero-order valence-corrected chi connectivity index (χ0v) is 11.9. The van der Waals surface area contributed by atoms with Crippen molar-refractivity contribution in [2.45, 2.75) is 18.9 Å². The average molecular weight is 324 g/mol. The minimum atomic E-state index is -0.0498. The lowest BCUT2D eigenvalue weighted by Gasteiger charge is -2.36. The number of halogens is 1. The number of nitrogens with one attached hydrogen (secondary N) is 1. The highest BCUT2D eigenvalue weighted by Crippen LogP contribution is 2.29. The second-order valence-electron chi connectivity index (χ2n) is 4.90. The normalized spacial score (nSPS) is 25.9. The average Bonchev–Trinajstić information content (AvgIpc) is 2.80. The number of nitrogens with zero attached hydrogens (tertiary/aromatic N) is 2. The lowest BCUT2D eigenvalue weighted by molar-refractivity contribution is -0.123. The van der Waals surface area contributed by atoms with E-state index in [0.29, 0.717) is 23.3 Å².